The van der Waals surface area contributed by atoms with E-state index in [0.717, 1.165) is 16.8 Å². The van der Waals surface area contributed by atoms with E-state index in [9.17, 15) is 9.59 Å². The molecule has 1 aromatic carbocycles. The Hall–Kier alpha value is -2.28. The zero-order chi connectivity index (χ0) is 19.6. The van der Waals surface area contributed by atoms with E-state index in [0.29, 0.717) is 24.1 Å². The lowest BCUT2D eigenvalue weighted by Gasteiger charge is -2.16. The summed E-state index contributed by atoms with van der Waals surface area (Å²) < 4.78 is 6.58. The molecule has 0 aliphatic carbocycles. The van der Waals surface area contributed by atoms with Crippen LogP contribution < -0.4 is 5.32 Å². The van der Waals surface area contributed by atoms with Gasteiger partial charge in [0.05, 0.1) is 23.3 Å². The number of fused-ring (bicyclic) bond motifs is 1. The molecule has 1 unspecified atom stereocenters. The summed E-state index contributed by atoms with van der Waals surface area (Å²) in [6.07, 6.45) is 0. The highest BCUT2D eigenvalue weighted by molar-refractivity contribution is 8.00. The van der Waals surface area contributed by atoms with Crippen LogP contribution in [0, 0.1) is 6.92 Å². The van der Waals surface area contributed by atoms with Gasteiger partial charge in [0.25, 0.3) is 0 Å². The van der Waals surface area contributed by atoms with Crippen molar-refractivity contribution in [2.75, 3.05) is 17.7 Å². The monoisotopic (exact) mass is 387 g/mol. The number of carbonyl (C=O) groups is 2. The van der Waals surface area contributed by atoms with Crippen LogP contribution in [0.1, 0.15) is 54.3 Å². The number of aryl methyl sites for hydroxylation is 1. The van der Waals surface area contributed by atoms with Crippen molar-refractivity contribution in [1.29, 1.82) is 0 Å². The average Bonchev–Trinajstić information content (AvgIpc) is 2.80. The quantitative estimate of drug-likeness (QED) is 0.793. The second-order valence-electron chi connectivity index (χ2n) is 6.87. The van der Waals surface area contributed by atoms with Crippen LogP contribution in [-0.2, 0) is 20.9 Å². The van der Waals surface area contributed by atoms with Gasteiger partial charge in [-0.1, -0.05) is 38.1 Å². The minimum Gasteiger partial charge on any atom is -0.465 e. The number of carbonyl (C=O) groups excluding carboxylic acids is 2. The number of nitrogens with zero attached hydrogens (tertiary/aromatic N) is 2. The van der Waals surface area contributed by atoms with Gasteiger partial charge in [0, 0.05) is 5.56 Å². The molecule has 0 saturated heterocycles. The van der Waals surface area contributed by atoms with Gasteiger partial charge < -0.3 is 10.1 Å². The summed E-state index contributed by atoms with van der Waals surface area (Å²) >= 11 is 1.58. The van der Waals surface area contributed by atoms with Crippen molar-refractivity contribution in [3.63, 3.8) is 0 Å². The number of benzene rings is 1. The molecular weight excluding hydrogens is 362 g/mol. The molecule has 1 aromatic heterocycles. The third-order valence-corrected chi connectivity index (χ3v) is 5.83. The fourth-order valence-electron chi connectivity index (χ4n) is 3.21. The molecule has 144 valence electrons. The minimum atomic E-state index is -0.369. The number of esters is 1. The predicted molar refractivity (Wildman–Crippen MR) is 107 cm³/mol. The van der Waals surface area contributed by atoms with Crippen molar-refractivity contribution < 1.29 is 14.3 Å². The number of hydrogen-bond acceptors (Lipinski definition) is 5. The van der Waals surface area contributed by atoms with Gasteiger partial charge in [-0.2, -0.15) is 5.10 Å². The van der Waals surface area contributed by atoms with Crippen molar-refractivity contribution in [2.24, 2.45) is 0 Å². The lowest BCUT2D eigenvalue weighted by molar-refractivity contribution is -0.144. The molecule has 3 rings (SSSR count). The summed E-state index contributed by atoms with van der Waals surface area (Å²) in [6, 6.07) is 8.51. The Balaban J connectivity index is 2.00. The van der Waals surface area contributed by atoms with Crippen LogP contribution in [0.5, 0.6) is 0 Å². The number of hydrogen-bond donors (Lipinski definition) is 1. The molecule has 7 heteroatoms. The van der Waals surface area contributed by atoms with Crippen LogP contribution in [0.3, 0.4) is 0 Å². The first-order valence-electron chi connectivity index (χ1n) is 9.15. The van der Waals surface area contributed by atoms with E-state index in [-0.39, 0.29) is 23.7 Å². The van der Waals surface area contributed by atoms with Crippen LogP contribution in [-0.4, -0.2) is 34.0 Å². The lowest BCUT2D eigenvalue weighted by atomic mass is 9.98. The van der Waals surface area contributed by atoms with Crippen molar-refractivity contribution in [1.82, 2.24) is 9.78 Å². The Labute approximate surface area is 163 Å². The highest BCUT2D eigenvalue weighted by Crippen LogP contribution is 2.43. The normalized spacial score (nSPS) is 16.6. The smallest absolute Gasteiger partial charge is 0.327 e. The first-order valence-corrected chi connectivity index (χ1v) is 10.2. The van der Waals surface area contributed by atoms with Crippen molar-refractivity contribution >= 4 is 29.5 Å². The van der Waals surface area contributed by atoms with E-state index < -0.39 is 0 Å². The van der Waals surface area contributed by atoms with Crippen LogP contribution in [0.15, 0.2) is 24.3 Å². The molecule has 2 heterocycles. The molecule has 1 aliphatic rings. The molecule has 0 saturated carbocycles. The zero-order valence-electron chi connectivity index (χ0n) is 16.1. The summed E-state index contributed by atoms with van der Waals surface area (Å²) in [4.78, 5) is 24.2. The van der Waals surface area contributed by atoms with Gasteiger partial charge in [0.1, 0.15) is 12.4 Å². The molecule has 1 N–H and O–H groups in total. The SMILES string of the molecule is CCOC(=O)Cn1nc(C)c2c1NC(=O)CSC2c1ccc(C(C)C)cc1. The van der Waals surface area contributed by atoms with Gasteiger partial charge in [-0.3, -0.25) is 9.59 Å². The number of nitrogens with one attached hydrogen (secondary N) is 1. The molecule has 0 fully saturated rings. The number of ether oxygens (including phenoxy) is 1. The van der Waals surface area contributed by atoms with E-state index in [1.54, 1.807) is 23.4 Å². The van der Waals surface area contributed by atoms with Gasteiger partial charge in [0.15, 0.2) is 0 Å². The van der Waals surface area contributed by atoms with E-state index in [2.05, 4.69) is 48.5 Å². The fourth-order valence-corrected chi connectivity index (χ4v) is 4.40. The highest BCUT2D eigenvalue weighted by Gasteiger charge is 2.30. The molecule has 2 aromatic rings. The molecule has 6 nitrogen and oxygen atoms in total. The second kappa shape index (κ2) is 8.17. The molecule has 1 amide bonds. The van der Waals surface area contributed by atoms with Crippen LogP contribution in [0.2, 0.25) is 0 Å². The summed E-state index contributed by atoms with van der Waals surface area (Å²) in [5.41, 5.74) is 4.16. The van der Waals surface area contributed by atoms with E-state index in [1.165, 1.54) is 5.56 Å². The molecule has 1 aliphatic heterocycles. The van der Waals surface area contributed by atoms with Gasteiger partial charge in [-0.25, -0.2) is 4.68 Å². The Morgan fingerprint density at radius 3 is 2.70 bits per heavy atom. The second-order valence-corrected chi connectivity index (χ2v) is 7.96. The summed E-state index contributed by atoms with van der Waals surface area (Å²) in [7, 11) is 0. The standard InChI is InChI=1S/C20H25N3O3S/c1-5-26-17(25)10-23-20-18(13(4)22-23)19(27-11-16(24)21-20)15-8-6-14(7-9-15)12(2)3/h6-9,12,19H,5,10-11H2,1-4H3,(H,21,24). The number of anilines is 1. The molecular formula is C20H25N3O3S. The van der Waals surface area contributed by atoms with Gasteiger partial charge in [-0.15, -0.1) is 11.8 Å². The number of aromatic nitrogens is 2. The fraction of sp³-hybridized carbons (Fsp3) is 0.450. The molecule has 0 spiro atoms. The average molecular weight is 388 g/mol. The maximum atomic E-state index is 12.2. The molecule has 1 atom stereocenters. The summed E-state index contributed by atoms with van der Waals surface area (Å²) in [6.45, 7) is 8.30. The first kappa shape index (κ1) is 19.5. The van der Waals surface area contributed by atoms with Crippen LogP contribution >= 0.6 is 11.8 Å². The van der Waals surface area contributed by atoms with Crippen molar-refractivity contribution in [2.45, 2.75) is 45.4 Å². The Kier molecular flexibility index (Phi) is 5.89. The lowest BCUT2D eigenvalue weighted by Crippen LogP contribution is -2.20. The minimum absolute atomic E-state index is 0.0175. The van der Waals surface area contributed by atoms with Gasteiger partial charge >= 0.3 is 5.97 Å². The third-order valence-electron chi connectivity index (χ3n) is 4.56. The van der Waals surface area contributed by atoms with Gasteiger partial charge in [0.2, 0.25) is 5.91 Å². The first-order chi connectivity index (χ1) is 12.9. The summed E-state index contributed by atoms with van der Waals surface area (Å²) in [5.74, 6) is 0.950. The van der Waals surface area contributed by atoms with Crippen molar-refractivity contribution in [3.05, 3.63) is 46.6 Å². The topological polar surface area (TPSA) is 73.2 Å². The Morgan fingerprint density at radius 1 is 1.37 bits per heavy atom. The predicted octanol–water partition coefficient (Wildman–Crippen LogP) is 3.65. The van der Waals surface area contributed by atoms with Gasteiger partial charge in [-0.05, 0) is 30.9 Å². The van der Waals surface area contributed by atoms with Crippen molar-refractivity contribution in [3.8, 4) is 0 Å². The molecule has 0 radical (unpaired) electrons. The van der Waals surface area contributed by atoms with E-state index >= 15 is 0 Å². The maximum Gasteiger partial charge on any atom is 0.327 e. The molecule has 0 bridgehead atoms. The van der Waals surface area contributed by atoms with Crippen LogP contribution in [0.25, 0.3) is 0 Å². The number of rotatable bonds is 5. The van der Waals surface area contributed by atoms with Crippen LogP contribution in [0.4, 0.5) is 5.82 Å². The molecule has 27 heavy (non-hydrogen) atoms. The zero-order valence-corrected chi connectivity index (χ0v) is 16.9. The van der Waals surface area contributed by atoms with E-state index in [1.807, 2.05) is 6.92 Å². The van der Waals surface area contributed by atoms with E-state index in [4.69, 9.17) is 4.74 Å². The third kappa shape index (κ3) is 4.18. The number of thioether (sulfide) groups is 1. The largest absolute Gasteiger partial charge is 0.465 e. The Bertz CT molecular complexity index is 843. The maximum absolute atomic E-state index is 12.2. The Morgan fingerprint density at radius 2 is 2.07 bits per heavy atom. The number of amides is 1. The summed E-state index contributed by atoms with van der Waals surface area (Å²) in [5, 5.41) is 7.40. The highest BCUT2D eigenvalue weighted by atomic mass is 32.2.